The molecule has 0 amide bonds. The summed E-state index contributed by atoms with van der Waals surface area (Å²) in [7, 11) is 0. The summed E-state index contributed by atoms with van der Waals surface area (Å²) in [5.41, 5.74) is 4.13. The Morgan fingerprint density at radius 1 is 1.12 bits per heavy atom. The third kappa shape index (κ3) is 4.65. The zero-order chi connectivity index (χ0) is 17.8. The highest BCUT2D eigenvalue weighted by atomic mass is 79.9. The summed E-state index contributed by atoms with van der Waals surface area (Å²) in [6.07, 6.45) is 2.00. The monoisotopic (exact) mass is 418 g/mol. The maximum Gasteiger partial charge on any atom is 0.190 e. The second kappa shape index (κ2) is 8.07. The number of hydrogen-bond donors (Lipinski definition) is 1. The molecule has 1 N–H and O–H groups in total. The van der Waals surface area contributed by atoms with Crippen molar-refractivity contribution in [1.29, 1.82) is 0 Å². The van der Waals surface area contributed by atoms with E-state index in [-0.39, 0.29) is 0 Å². The summed E-state index contributed by atoms with van der Waals surface area (Å²) < 4.78 is 6.60. The minimum atomic E-state index is 0.294. The van der Waals surface area contributed by atoms with E-state index in [2.05, 4.69) is 45.5 Å². The Hall–Kier alpha value is -1.78. The van der Waals surface area contributed by atoms with Gasteiger partial charge >= 0.3 is 0 Å². The van der Waals surface area contributed by atoms with Gasteiger partial charge < -0.3 is 9.84 Å². The highest BCUT2D eigenvalue weighted by Gasteiger charge is 2.16. The van der Waals surface area contributed by atoms with Gasteiger partial charge in [0.25, 0.3) is 0 Å². The molecule has 0 spiro atoms. The molecule has 0 fully saturated rings. The van der Waals surface area contributed by atoms with Gasteiger partial charge in [-0.05, 0) is 68.7 Å². The van der Waals surface area contributed by atoms with Gasteiger partial charge in [-0.1, -0.05) is 44.8 Å². The minimum absolute atomic E-state index is 0.294. The van der Waals surface area contributed by atoms with Gasteiger partial charge in [0, 0.05) is 21.1 Å². The first kappa shape index (κ1) is 18.0. The number of halogens is 2. The second-order valence-corrected chi connectivity index (χ2v) is 7.54. The number of rotatable bonds is 6. The van der Waals surface area contributed by atoms with E-state index in [1.165, 1.54) is 5.56 Å². The van der Waals surface area contributed by atoms with Crippen LogP contribution in [-0.2, 0) is 6.42 Å². The van der Waals surface area contributed by atoms with E-state index in [0.717, 1.165) is 45.0 Å². The van der Waals surface area contributed by atoms with Crippen molar-refractivity contribution in [2.45, 2.75) is 32.7 Å². The first-order valence-electron chi connectivity index (χ1n) is 8.26. The van der Waals surface area contributed by atoms with E-state index in [1.54, 1.807) is 0 Å². The lowest BCUT2D eigenvalue weighted by Gasteiger charge is -2.15. The van der Waals surface area contributed by atoms with Gasteiger partial charge in [-0.25, -0.2) is 0 Å². The topological polar surface area (TPSA) is 38.1 Å². The predicted molar refractivity (Wildman–Crippen MR) is 107 cm³/mol. The van der Waals surface area contributed by atoms with Gasteiger partial charge in [-0.3, -0.25) is 0 Å². The summed E-state index contributed by atoms with van der Waals surface area (Å²) in [5.74, 6) is 0.781. The van der Waals surface area contributed by atoms with Gasteiger partial charge in [0.15, 0.2) is 5.76 Å². The van der Waals surface area contributed by atoms with E-state index in [1.807, 2.05) is 43.3 Å². The molecule has 1 heterocycles. The molecule has 25 heavy (non-hydrogen) atoms. The molecule has 0 bridgehead atoms. The van der Waals surface area contributed by atoms with Crippen molar-refractivity contribution in [2.75, 3.05) is 5.32 Å². The van der Waals surface area contributed by atoms with Crippen LogP contribution >= 0.6 is 27.5 Å². The number of nitrogens with one attached hydrogen (secondary N) is 1. The third-order valence-corrected chi connectivity index (χ3v) is 4.92. The number of aromatic nitrogens is 1. The Labute approximate surface area is 161 Å². The normalized spacial score (nSPS) is 12.2. The van der Waals surface area contributed by atoms with E-state index < -0.39 is 0 Å². The fraction of sp³-hybridized carbons (Fsp3) is 0.250. The molecular weight excluding hydrogens is 400 g/mol. The Bertz CT molecular complexity index is 828. The lowest BCUT2D eigenvalue weighted by atomic mass is 10.1. The lowest BCUT2D eigenvalue weighted by molar-refractivity contribution is 0.427. The zero-order valence-electron chi connectivity index (χ0n) is 14.2. The summed E-state index contributed by atoms with van der Waals surface area (Å²) in [6.45, 7) is 4.13. The molecule has 1 aromatic heterocycles. The highest BCUT2D eigenvalue weighted by Crippen LogP contribution is 2.32. The number of benzene rings is 2. The zero-order valence-corrected chi connectivity index (χ0v) is 16.6. The van der Waals surface area contributed by atoms with Crippen LogP contribution in [0, 0.1) is 6.92 Å². The van der Waals surface area contributed by atoms with Crippen LogP contribution in [0.4, 0.5) is 5.69 Å². The average molecular weight is 420 g/mol. The Balaban J connectivity index is 1.68. The van der Waals surface area contributed by atoms with Gasteiger partial charge in [-0.15, -0.1) is 0 Å². The largest absolute Gasteiger partial charge is 0.378 e. The molecule has 1 atom stereocenters. The van der Waals surface area contributed by atoms with Crippen LogP contribution in [0.15, 0.2) is 57.5 Å². The van der Waals surface area contributed by atoms with Crippen LogP contribution in [0.2, 0.25) is 5.02 Å². The van der Waals surface area contributed by atoms with Gasteiger partial charge in [0.2, 0.25) is 0 Å². The molecule has 0 radical (unpaired) electrons. The Morgan fingerprint density at radius 2 is 1.80 bits per heavy atom. The molecule has 130 valence electrons. The fourth-order valence-electron chi connectivity index (χ4n) is 2.69. The number of hydrogen-bond acceptors (Lipinski definition) is 3. The van der Waals surface area contributed by atoms with Crippen molar-refractivity contribution in [3.05, 3.63) is 69.3 Å². The highest BCUT2D eigenvalue weighted by molar-refractivity contribution is 9.10. The number of aryl methyl sites for hydroxylation is 2. The van der Waals surface area contributed by atoms with Crippen LogP contribution in [-0.4, -0.2) is 11.2 Å². The molecule has 0 aliphatic rings. The SMILES string of the molecule is Cc1noc(-c2ccc(Br)cc2)c1NC(C)CCc1ccc(Cl)cc1. The van der Waals surface area contributed by atoms with Crippen molar-refractivity contribution in [3.8, 4) is 11.3 Å². The van der Waals surface area contributed by atoms with Crippen molar-refractivity contribution >= 4 is 33.2 Å². The maximum atomic E-state index is 5.94. The quantitative estimate of drug-likeness (QED) is 0.495. The first-order valence-corrected chi connectivity index (χ1v) is 9.43. The molecule has 1 unspecified atom stereocenters. The Morgan fingerprint density at radius 3 is 2.48 bits per heavy atom. The molecular formula is C20H20BrClN2O. The van der Waals surface area contributed by atoms with Crippen molar-refractivity contribution < 1.29 is 4.52 Å². The fourth-order valence-corrected chi connectivity index (χ4v) is 3.08. The molecule has 0 aliphatic heterocycles. The molecule has 0 saturated heterocycles. The van der Waals surface area contributed by atoms with Crippen molar-refractivity contribution in [1.82, 2.24) is 5.16 Å². The summed E-state index contributed by atoms with van der Waals surface area (Å²) in [6, 6.07) is 16.4. The van der Waals surface area contributed by atoms with Crippen molar-refractivity contribution in [3.63, 3.8) is 0 Å². The molecule has 0 saturated carbocycles. The summed E-state index contributed by atoms with van der Waals surface area (Å²) in [5, 5.41) is 8.46. The summed E-state index contributed by atoms with van der Waals surface area (Å²) >= 11 is 9.40. The first-order chi connectivity index (χ1) is 12.0. The maximum absolute atomic E-state index is 5.94. The molecule has 0 aliphatic carbocycles. The van der Waals surface area contributed by atoms with Crippen LogP contribution < -0.4 is 5.32 Å². The van der Waals surface area contributed by atoms with E-state index in [4.69, 9.17) is 16.1 Å². The molecule has 3 aromatic rings. The molecule has 2 aromatic carbocycles. The molecule has 3 nitrogen and oxygen atoms in total. The number of nitrogens with zero attached hydrogens (tertiary/aromatic N) is 1. The van der Waals surface area contributed by atoms with E-state index in [9.17, 15) is 0 Å². The number of anilines is 1. The minimum Gasteiger partial charge on any atom is -0.378 e. The lowest BCUT2D eigenvalue weighted by Crippen LogP contribution is -2.16. The Kier molecular flexibility index (Phi) is 5.82. The standard InChI is InChI=1S/C20H20BrClN2O/c1-13(3-4-15-5-11-18(22)12-6-15)23-19-14(2)24-25-20(19)16-7-9-17(21)10-8-16/h5-13,23H,3-4H2,1-2H3. The third-order valence-electron chi connectivity index (χ3n) is 4.14. The average Bonchev–Trinajstić information content (AvgIpc) is 2.96. The van der Waals surface area contributed by atoms with E-state index in [0.29, 0.717) is 6.04 Å². The van der Waals surface area contributed by atoms with Crippen LogP contribution in [0.1, 0.15) is 24.6 Å². The predicted octanol–water partition coefficient (Wildman–Crippen LogP) is 6.50. The van der Waals surface area contributed by atoms with Crippen LogP contribution in [0.5, 0.6) is 0 Å². The smallest absolute Gasteiger partial charge is 0.190 e. The van der Waals surface area contributed by atoms with Gasteiger partial charge in [0.1, 0.15) is 11.4 Å². The summed E-state index contributed by atoms with van der Waals surface area (Å²) in [4.78, 5) is 0. The van der Waals surface area contributed by atoms with Gasteiger partial charge in [0.05, 0.1) is 0 Å². The van der Waals surface area contributed by atoms with Crippen molar-refractivity contribution in [2.24, 2.45) is 0 Å². The molecule has 5 heteroatoms. The van der Waals surface area contributed by atoms with Crippen LogP contribution in [0.25, 0.3) is 11.3 Å². The van der Waals surface area contributed by atoms with Crippen LogP contribution in [0.3, 0.4) is 0 Å². The van der Waals surface area contributed by atoms with E-state index >= 15 is 0 Å². The second-order valence-electron chi connectivity index (χ2n) is 6.19. The molecule has 3 rings (SSSR count). The van der Waals surface area contributed by atoms with Gasteiger partial charge in [-0.2, -0.15) is 0 Å².